The van der Waals surface area contributed by atoms with Crippen LogP contribution < -0.4 is 4.57 Å². The summed E-state index contributed by atoms with van der Waals surface area (Å²) < 4.78 is 1.89. The van der Waals surface area contributed by atoms with Crippen molar-refractivity contribution in [1.82, 2.24) is 0 Å². The van der Waals surface area contributed by atoms with Gasteiger partial charge in [-0.3, -0.25) is 14.9 Å². The van der Waals surface area contributed by atoms with Gasteiger partial charge in [-0.15, -0.1) is 0 Å². The molecule has 0 atom stereocenters. The van der Waals surface area contributed by atoms with Gasteiger partial charge < -0.3 is 0 Å². The summed E-state index contributed by atoms with van der Waals surface area (Å²) in [6, 6.07) is 15.7. The monoisotopic (exact) mass is 307 g/mol. The molecule has 5 heteroatoms. The Morgan fingerprint density at radius 2 is 1.74 bits per heavy atom. The minimum Gasteiger partial charge on any atom is -0.287 e. The highest BCUT2D eigenvalue weighted by atomic mass is 16.6. The van der Waals surface area contributed by atoms with E-state index in [1.54, 1.807) is 0 Å². The summed E-state index contributed by atoms with van der Waals surface area (Å²) in [5.41, 5.74) is 1.44. The number of carbonyl (C=O) groups excluding carboxylic acids is 1. The fourth-order valence-corrected chi connectivity index (χ4v) is 2.52. The van der Waals surface area contributed by atoms with Crippen molar-refractivity contribution in [1.29, 1.82) is 0 Å². The molecule has 114 valence electrons. The zero-order valence-corrected chi connectivity index (χ0v) is 12.6. The van der Waals surface area contributed by atoms with Crippen LogP contribution >= 0.6 is 0 Å². The summed E-state index contributed by atoms with van der Waals surface area (Å²) in [7, 11) is 0. The van der Waals surface area contributed by atoms with Crippen molar-refractivity contribution in [2.24, 2.45) is 0 Å². The second kappa shape index (κ2) is 5.96. The number of fused-ring (bicyclic) bond motifs is 1. The molecule has 23 heavy (non-hydrogen) atoms. The molecule has 3 aromatic rings. The van der Waals surface area contributed by atoms with Crippen LogP contribution in [0.4, 0.5) is 5.69 Å². The van der Waals surface area contributed by atoms with Gasteiger partial charge in [0.25, 0.3) is 5.69 Å². The van der Waals surface area contributed by atoms with Crippen LogP contribution in [-0.4, -0.2) is 10.7 Å². The number of ketones is 1. The van der Waals surface area contributed by atoms with E-state index in [4.69, 9.17) is 0 Å². The van der Waals surface area contributed by atoms with Gasteiger partial charge in [-0.05, 0) is 23.6 Å². The maximum Gasteiger partial charge on any atom is 0.269 e. The summed E-state index contributed by atoms with van der Waals surface area (Å²) in [6.07, 6.45) is 1.95. The van der Waals surface area contributed by atoms with Gasteiger partial charge in [-0.2, -0.15) is 4.57 Å². The number of nitro benzene ring substituents is 1. The first-order valence-electron chi connectivity index (χ1n) is 7.21. The summed E-state index contributed by atoms with van der Waals surface area (Å²) in [5.74, 6) is -0.0803. The smallest absolute Gasteiger partial charge is 0.269 e. The first kappa shape index (κ1) is 14.8. The van der Waals surface area contributed by atoms with Crippen molar-refractivity contribution in [3.8, 4) is 0 Å². The Hall–Kier alpha value is -3.08. The Labute approximate surface area is 133 Å². The number of pyridine rings is 1. The van der Waals surface area contributed by atoms with Gasteiger partial charge in [0.1, 0.15) is 0 Å². The first-order chi connectivity index (χ1) is 11.0. The molecule has 0 aliphatic heterocycles. The molecule has 0 amide bonds. The number of aromatic nitrogens is 1. The Morgan fingerprint density at radius 3 is 2.39 bits per heavy atom. The third kappa shape index (κ3) is 3.08. The van der Waals surface area contributed by atoms with Crippen LogP contribution in [0, 0.1) is 17.0 Å². The average molecular weight is 307 g/mol. The molecule has 0 aliphatic carbocycles. The van der Waals surface area contributed by atoms with Crippen LogP contribution in [0.2, 0.25) is 0 Å². The second-order valence-corrected chi connectivity index (χ2v) is 5.40. The van der Waals surface area contributed by atoms with Gasteiger partial charge in [0.05, 0.1) is 4.92 Å². The van der Waals surface area contributed by atoms with Crippen LogP contribution in [-0.2, 0) is 6.54 Å². The van der Waals surface area contributed by atoms with E-state index in [-0.39, 0.29) is 18.0 Å². The molecule has 0 saturated carbocycles. The van der Waals surface area contributed by atoms with E-state index in [1.807, 2.05) is 48.0 Å². The Morgan fingerprint density at radius 1 is 1.09 bits per heavy atom. The molecule has 0 saturated heterocycles. The SMILES string of the molecule is Cc1cc2ccccc2c[n+]1CC(=O)c1ccc([N+](=O)[O-])cc1. The van der Waals surface area contributed by atoms with E-state index < -0.39 is 4.92 Å². The van der Waals surface area contributed by atoms with E-state index in [2.05, 4.69) is 0 Å². The highest BCUT2D eigenvalue weighted by Gasteiger charge is 2.16. The predicted molar refractivity (Wildman–Crippen MR) is 86.3 cm³/mol. The summed E-state index contributed by atoms with van der Waals surface area (Å²) in [5, 5.41) is 12.9. The minimum atomic E-state index is -0.476. The molecule has 0 radical (unpaired) electrons. The number of Topliss-reactive ketones (excluding diaryl/α,β-unsaturated/α-hetero) is 1. The van der Waals surface area contributed by atoms with E-state index in [0.29, 0.717) is 5.56 Å². The largest absolute Gasteiger partial charge is 0.287 e. The first-order valence-corrected chi connectivity index (χ1v) is 7.21. The number of rotatable bonds is 4. The number of benzene rings is 2. The van der Waals surface area contributed by atoms with Gasteiger partial charge in [0.15, 0.2) is 11.9 Å². The maximum absolute atomic E-state index is 12.4. The van der Waals surface area contributed by atoms with Gasteiger partial charge >= 0.3 is 0 Å². The zero-order valence-electron chi connectivity index (χ0n) is 12.6. The van der Waals surface area contributed by atoms with E-state index in [1.165, 1.54) is 24.3 Å². The van der Waals surface area contributed by atoms with E-state index in [9.17, 15) is 14.9 Å². The Kier molecular flexibility index (Phi) is 3.85. The lowest BCUT2D eigenvalue weighted by molar-refractivity contribution is -0.687. The van der Waals surface area contributed by atoms with Crippen molar-refractivity contribution in [2.75, 3.05) is 0 Å². The number of non-ortho nitro benzene ring substituents is 1. The average Bonchev–Trinajstić information content (AvgIpc) is 2.55. The van der Waals surface area contributed by atoms with Crippen molar-refractivity contribution in [3.05, 3.63) is 82.2 Å². The minimum absolute atomic E-state index is 0.0175. The third-order valence-corrected chi connectivity index (χ3v) is 3.82. The van der Waals surface area contributed by atoms with Gasteiger partial charge in [-0.1, -0.05) is 18.2 Å². The summed E-state index contributed by atoms with van der Waals surface area (Å²) in [6.45, 7) is 2.16. The number of nitro groups is 1. The third-order valence-electron chi connectivity index (χ3n) is 3.82. The highest BCUT2D eigenvalue weighted by molar-refractivity contribution is 5.95. The topological polar surface area (TPSA) is 64.1 Å². The molecule has 3 rings (SSSR count). The highest BCUT2D eigenvalue weighted by Crippen LogP contribution is 2.14. The number of hydrogen-bond acceptors (Lipinski definition) is 3. The molecular weight excluding hydrogens is 292 g/mol. The van der Waals surface area contributed by atoms with E-state index in [0.717, 1.165) is 16.5 Å². The lowest BCUT2D eigenvalue weighted by atomic mass is 10.1. The maximum atomic E-state index is 12.4. The van der Waals surface area contributed by atoms with Gasteiger partial charge in [0.2, 0.25) is 12.3 Å². The molecule has 0 unspecified atom stereocenters. The molecule has 0 aliphatic rings. The second-order valence-electron chi connectivity index (χ2n) is 5.40. The van der Waals surface area contributed by atoms with Gasteiger partial charge in [0, 0.05) is 36.1 Å². The van der Waals surface area contributed by atoms with Crippen LogP contribution in [0.25, 0.3) is 10.8 Å². The molecule has 1 heterocycles. The fourth-order valence-electron chi connectivity index (χ4n) is 2.52. The fraction of sp³-hybridized carbons (Fsp3) is 0.111. The van der Waals surface area contributed by atoms with Gasteiger partial charge in [-0.25, -0.2) is 0 Å². The molecule has 0 spiro atoms. The molecule has 0 fully saturated rings. The molecule has 0 N–H and O–H groups in total. The zero-order chi connectivity index (χ0) is 16.4. The van der Waals surface area contributed by atoms with Crippen LogP contribution in [0.1, 0.15) is 16.1 Å². The molecule has 2 aromatic carbocycles. The van der Waals surface area contributed by atoms with Crippen molar-refractivity contribution >= 4 is 22.2 Å². The standard InChI is InChI=1S/C18H15N2O3/c1-13-10-15-4-2-3-5-16(15)11-19(13)12-18(21)14-6-8-17(9-7-14)20(22)23/h2-11H,12H2,1H3/q+1. The lowest BCUT2D eigenvalue weighted by Gasteiger charge is -2.03. The van der Waals surface area contributed by atoms with Crippen LogP contribution in [0.3, 0.4) is 0 Å². The summed E-state index contributed by atoms with van der Waals surface area (Å²) in [4.78, 5) is 22.6. The number of hydrogen-bond donors (Lipinski definition) is 0. The van der Waals surface area contributed by atoms with E-state index >= 15 is 0 Å². The molecule has 0 bridgehead atoms. The Balaban J connectivity index is 1.87. The van der Waals surface area contributed by atoms with Crippen molar-refractivity contribution in [2.45, 2.75) is 13.5 Å². The normalized spacial score (nSPS) is 10.7. The number of aryl methyl sites for hydroxylation is 1. The molecular formula is C18H15N2O3+. The molecule has 5 nitrogen and oxygen atoms in total. The Bertz CT molecular complexity index is 902. The summed E-state index contributed by atoms with van der Waals surface area (Å²) >= 11 is 0. The van der Waals surface area contributed by atoms with Crippen LogP contribution in [0.5, 0.6) is 0 Å². The number of carbonyl (C=O) groups is 1. The van der Waals surface area contributed by atoms with Crippen LogP contribution in [0.15, 0.2) is 60.8 Å². The van der Waals surface area contributed by atoms with Crippen molar-refractivity contribution in [3.63, 3.8) is 0 Å². The van der Waals surface area contributed by atoms with Crippen molar-refractivity contribution < 1.29 is 14.3 Å². The predicted octanol–water partition coefficient (Wildman–Crippen LogP) is 3.23. The number of nitrogens with zero attached hydrogens (tertiary/aromatic N) is 2. The quantitative estimate of drug-likeness (QED) is 0.322. The molecule has 1 aromatic heterocycles. The lowest BCUT2D eigenvalue weighted by Crippen LogP contribution is -2.40.